The Bertz CT molecular complexity index is 513. The molecule has 0 aliphatic heterocycles. The van der Waals surface area contributed by atoms with E-state index < -0.39 is 0 Å². The van der Waals surface area contributed by atoms with Crippen LogP contribution in [0.15, 0.2) is 36.4 Å². The molecule has 3 heteroatoms. The lowest BCUT2D eigenvalue weighted by Crippen LogP contribution is -1.99. The van der Waals surface area contributed by atoms with Gasteiger partial charge in [0.1, 0.15) is 0 Å². The first kappa shape index (κ1) is 12.3. The first-order valence-electron chi connectivity index (χ1n) is 5.88. The van der Waals surface area contributed by atoms with Crippen LogP contribution < -0.4 is 5.32 Å². The molecule has 94 valence electrons. The Morgan fingerprint density at radius 2 is 1.67 bits per heavy atom. The number of aryl methyl sites for hydroxylation is 2. The molecule has 0 fully saturated rings. The molecule has 3 N–H and O–H groups in total. The van der Waals surface area contributed by atoms with Crippen LogP contribution >= 0.6 is 0 Å². The molecule has 0 aliphatic rings. The van der Waals surface area contributed by atoms with Crippen LogP contribution in [0.2, 0.25) is 0 Å². The molecule has 3 nitrogen and oxygen atoms in total. The van der Waals surface area contributed by atoms with Gasteiger partial charge in [-0.2, -0.15) is 0 Å². The molecule has 18 heavy (non-hydrogen) atoms. The zero-order valence-corrected chi connectivity index (χ0v) is 10.6. The van der Waals surface area contributed by atoms with Crippen LogP contribution in [-0.2, 0) is 6.54 Å². The van der Waals surface area contributed by atoms with Gasteiger partial charge in [-0.3, -0.25) is 0 Å². The van der Waals surface area contributed by atoms with Crippen molar-refractivity contribution < 1.29 is 10.2 Å². The van der Waals surface area contributed by atoms with Crippen molar-refractivity contribution in [1.82, 2.24) is 0 Å². The van der Waals surface area contributed by atoms with Gasteiger partial charge in [-0.15, -0.1) is 0 Å². The van der Waals surface area contributed by atoms with Crippen molar-refractivity contribution in [3.63, 3.8) is 0 Å². The number of aromatic hydroxyl groups is 2. The lowest BCUT2D eigenvalue weighted by atomic mass is 10.1. The van der Waals surface area contributed by atoms with Gasteiger partial charge < -0.3 is 15.5 Å². The van der Waals surface area contributed by atoms with E-state index in [1.165, 1.54) is 17.2 Å². The van der Waals surface area contributed by atoms with Crippen LogP contribution in [0.5, 0.6) is 11.5 Å². The summed E-state index contributed by atoms with van der Waals surface area (Å²) in [6, 6.07) is 11.0. The van der Waals surface area contributed by atoms with Crippen molar-refractivity contribution in [2.24, 2.45) is 0 Å². The third kappa shape index (κ3) is 2.74. The average molecular weight is 243 g/mol. The molecule has 0 amide bonds. The molecule has 2 aromatic carbocycles. The Kier molecular flexibility index (Phi) is 3.42. The highest BCUT2D eigenvalue weighted by atomic mass is 16.3. The third-order valence-corrected chi connectivity index (χ3v) is 3.04. The molecule has 0 spiro atoms. The fourth-order valence-corrected chi connectivity index (χ4v) is 1.73. The van der Waals surface area contributed by atoms with Crippen LogP contribution in [0.25, 0.3) is 0 Å². The van der Waals surface area contributed by atoms with E-state index in [1.807, 2.05) is 6.07 Å². The van der Waals surface area contributed by atoms with Crippen molar-refractivity contribution in [3.8, 4) is 11.5 Å². The van der Waals surface area contributed by atoms with Crippen molar-refractivity contribution in [2.45, 2.75) is 20.4 Å². The zero-order valence-electron chi connectivity index (χ0n) is 10.6. The molecule has 0 bridgehead atoms. The van der Waals surface area contributed by atoms with Gasteiger partial charge in [-0.1, -0.05) is 12.1 Å². The van der Waals surface area contributed by atoms with E-state index in [1.54, 1.807) is 12.1 Å². The molecular formula is C15H17NO2. The van der Waals surface area contributed by atoms with Gasteiger partial charge in [-0.25, -0.2) is 0 Å². The predicted octanol–water partition coefficient (Wildman–Crippen LogP) is 3.33. The molecule has 0 saturated heterocycles. The van der Waals surface area contributed by atoms with E-state index in [0.29, 0.717) is 6.54 Å². The van der Waals surface area contributed by atoms with Crippen molar-refractivity contribution in [3.05, 3.63) is 53.1 Å². The quantitative estimate of drug-likeness (QED) is 0.725. The van der Waals surface area contributed by atoms with Gasteiger partial charge in [0.25, 0.3) is 0 Å². The predicted molar refractivity (Wildman–Crippen MR) is 73.0 cm³/mol. The van der Waals surface area contributed by atoms with Gasteiger partial charge >= 0.3 is 0 Å². The van der Waals surface area contributed by atoms with E-state index in [9.17, 15) is 10.2 Å². The number of anilines is 1. The molecular weight excluding hydrogens is 226 g/mol. The SMILES string of the molecule is Cc1ccc(NCc2ccc(O)c(O)c2)cc1C. The molecule has 0 unspecified atom stereocenters. The van der Waals surface area contributed by atoms with Crippen LogP contribution in [0.3, 0.4) is 0 Å². The maximum atomic E-state index is 9.40. The van der Waals surface area contributed by atoms with Crippen molar-refractivity contribution in [1.29, 1.82) is 0 Å². The van der Waals surface area contributed by atoms with Crippen LogP contribution in [-0.4, -0.2) is 10.2 Å². The normalized spacial score (nSPS) is 10.3. The van der Waals surface area contributed by atoms with Crippen LogP contribution in [0, 0.1) is 13.8 Å². The Morgan fingerprint density at radius 3 is 2.33 bits per heavy atom. The second-order valence-corrected chi connectivity index (χ2v) is 4.48. The Morgan fingerprint density at radius 1 is 0.889 bits per heavy atom. The molecule has 0 saturated carbocycles. The minimum atomic E-state index is -0.0927. The lowest BCUT2D eigenvalue weighted by molar-refractivity contribution is 0.403. The molecule has 0 atom stereocenters. The first-order valence-corrected chi connectivity index (χ1v) is 5.88. The topological polar surface area (TPSA) is 52.5 Å². The fraction of sp³-hybridized carbons (Fsp3) is 0.200. The van der Waals surface area contributed by atoms with Gasteiger partial charge in [-0.05, 0) is 54.8 Å². The monoisotopic (exact) mass is 243 g/mol. The number of rotatable bonds is 3. The Balaban J connectivity index is 2.06. The maximum Gasteiger partial charge on any atom is 0.157 e. The largest absolute Gasteiger partial charge is 0.504 e. The summed E-state index contributed by atoms with van der Waals surface area (Å²) in [6.07, 6.45) is 0. The second kappa shape index (κ2) is 5.00. The lowest BCUT2D eigenvalue weighted by Gasteiger charge is -2.09. The van der Waals surface area contributed by atoms with Crippen molar-refractivity contribution >= 4 is 5.69 Å². The van der Waals surface area contributed by atoms with E-state index in [0.717, 1.165) is 11.3 Å². The molecule has 0 aliphatic carbocycles. The molecule has 0 radical (unpaired) electrons. The average Bonchev–Trinajstić information content (AvgIpc) is 2.35. The minimum absolute atomic E-state index is 0.0885. The van der Waals surface area contributed by atoms with E-state index in [-0.39, 0.29) is 11.5 Å². The van der Waals surface area contributed by atoms with Gasteiger partial charge in [0.2, 0.25) is 0 Å². The highest BCUT2D eigenvalue weighted by molar-refractivity contribution is 5.49. The van der Waals surface area contributed by atoms with E-state index in [4.69, 9.17) is 0 Å². The van der Waals surface area contributed by atoms with Crippen LogP contribution in [0.4, 0.5) is 5.69 Å². The van der Waals surface area contributed by atoms with Crippen LogP contribution in [0.1, 0.15) is 16.7 Å². The second-order valence-electron chi connectivity index (χ2n) is 4.48. The highest BCUT2D eigenvalue weighted by Crippen LogP contribution is 2.25. The van der Waals surface area contributed by atoms with Crippen molar-refractivity contribution in [2.75, 3.05) is 5.32 Å². The Labute approximate surface area is 107 Å². The third-order valence-electron chi connectivity index (χ3n) is 3.04. The minimum Gasteiger partial charge on any atom is -0.504 e. The smallest absolute Gasteiger partial charge is 0.157 e. The zero-order chi connectivity index (χ0) is 13.1. The standard InChI is InChI=1S/C15H17NO2/c1-10-3-5-13(7-11(10)2)16-9-12-4-6-14(17)15(18)8-12/h3-8,16-18H,9H2,1-2H3. The number of hydrogen-bond acceptors (Lipinski definition) is 3. The summed E-state index contributed by atoms with van der Waals surface area (Å²) in [4.78, 5) is 0. The Hall–Kier alpha value is -2.16. The van der Waals surface area contributed by atoms with Gasteiger partial charge in [0.05, 0.1) is 0 Å². The highest BCUT2D eigenvalue weighted by Gasteiger charge is 2.01. The van der Waals surface area contributed by atoms with Gasteiger partial charge in [0, 0.05) is 12.2 Å². The molecule has 0 heterocycles. The molecule has 2 aromatic rings. The first-order chi connectivity index (χ1) is 8.56. The summed E-state index contributed by atoms with van der Waals surface area (Å²) in [5.41, 5.74) is 4.48. The number of phenolic OH excluding ortho intramolecular Hbond substituents is 2. The van der Waals surface area contributed by atoms with E-state index >= 15 is 0 Å². The summed E-state index contributed by atoms with van der Waals surface area (Å²) in [7, 11) is 0. The van der Waals surface area contributed by atoms with Gasteiger partial charge in [0.15, 0.2) is 11.5 Å². The summed E-state index contributed by atoms with van der Waals surface area (Å²) in [5, 5.41) is 21.9. The molecule has 0 aromatic heterocycles. The fourth-order valence-electron chi connectivity index (χ4n) is 1.73. The summed E-state index contributed by atoms with van der Waals surface area (Å²) in [5.74, 6) is -0.181. The number of hydrogen-bond donors (Lipinski definition) is 3. The molecule has 2 rings (SSSR count). The summed E-state index contributed by atoms with van der Waals surface area (Å²) in [6.45, 7) is 4.76. The number of nitrogens with one attached hydrogen (secondary N) is 1. The maximum absolute atomic E-state index is 9.40. The number of benzene rings is 2. The number of phenols is 2. The van der Waals surface area contributed by atoms with E-state index in [2.05, 4.69) is 31.3 Å². The summed E-state index contributed by atoms with van der Waals surface area (Å²) < 4.78 is 0. The summed E-state index contributed by atoms with van der Waals surface area (Å²) >= 11 is 0.